The topological polar surface area (TPSA) is 61.9 Å². The number of H-pyrrole nitrogens is 1. The second-order valence-electron chi connectivity index (χ2n) is 6.62. The lowest BCUT2D eigenvalue weighted by Gasteiger charge is -2.33. The molecule has 26 heavy (non-hydrogen) atoms. The molecule has 2 aromatic rings. The lowest BCUT2D eigenvalue weighted by molar-refractivity contribution is -0.132. The van der Waals surface area contributed by atoms with E-state index in [2.05, 4.69) is 61.9 Å². The predicted molar refractivity (Wildman–Crippen MR) is 108 cm³/mol. The second kappa shape index (κ2) is 9.76. The van der Waals surface area contributed by atoms with Crippen molar-refractivity contribution in [1.29, 1.82) is 0 Å². The van der Waals surface area contributed by atoms with E-state index in [9.17, 15) is 4.79 Å². The maximum atomic E-state index is 12.7. The molecule has 0 unspecified atom stereocenters. The predicted octanol–water partition coefficient (Wildman–Crippen LogP) is 4.55. The summed E-state index contributed by atoms with van der Waals surface area (Å²) >= 11 is 1.39. The smallest absolute Gasteiger partial charge is 0.233 e. The number of carbonyl (C=O) groups excluding carboxylic acids is 1. The largest absolute Gasteiger partial charge is 0.337 e. The van der Waals surface area contributed by atoms with Crippen molar-refractivity contribution in [3.8, 4) is 11.4 Å². The molecule has 2 atom stereocenters. The standard InChI is InChI=1S/C20H30N4OS/c1-6-14(4)24(15(5)7-2)18(25)13-26-20-21-19(22-23-20)17-11-9-16(8-3)10-12-17/h9-12,14-15H,6-8,13H2,1-5H3,(H,21,22,23)/t14-,15+. The molecule has 0 radical (unpaired) electrons. The van der Waals surface area contributed by atoms with Crippen molar-refractivity contribution in [2.45, 2.75) is 71.1 Å². The summed E-state index contributed by atoms with van der Waals surface area (Å²) < 4.78 is 0. The van der Waals surface area contributed by atoms with Gasteiger partial charge in [0.2, 0.25) is 11.1 Å². The van der Waals surface area contributed by atoms with E-state index in [-0.39, 0.29) is 18.0 Å². The minimum absolute atomic E-state index is 0.150. The van der Waals surface area contributed by atoms with Crippen molar-refractivity contribution < 1.29 is 4.79 Å². The molecule has 1 aromatic carbocycles. The summed E-state index contributed by atoms with van der Waals surface area (Å²) in [5, 5.41) is 7.84. The number of nitrogens with one attached hydrogen (secondary N) is 1. The highest BCUT2D eigenvalue weighted by atomic mass is 32.2. The molecule has 0 aliphatic heterocycles. The van der Waals surface area contributed by atoms with Crippen LogP contribution in [0.3, 0.4) is 0 Å². The first kappa shape index (κ1) is 20.5. The molecule has 1 heterocycles. The van der Waals surface area contributed by atoms with Crippen molar-refractivity contribution >= 4 is 17.7 Å². The van der Waals surface area contributed by atoms with E-state index in [1.165, 1.54) is 17.3 Å². The molecule has 5 nitrogen and oxygen atoms in total. The van der Waals surface area contributed by atoms with Crippen molar-refractivity contribution in [2.75, 3.05) is 5.75 Å². The van der Waals surface area contributed by atoms with Crippen LogP contribution in [-0.4, -0.2) is 43.8 Å². The molecule has 0 aliphatic carbocycles. The van der Waals surface area contributed by atoms with E-state index >= 15 is 0 Å². The normalized spacial score (nSPS) is 13.4. The Balaban J connectivity index is 2.00. The number of amides is 1. The van der Waals surface area contributed by atoms with Crippen LogP contribution >= 0.6 is 11.8 Å². The Morgan fingerprint density at radius 3 is 2.27 bits per heavy atom. The lowest BCUT2D eigenvalue weighted by Crippen LogP contribution is -2.45. The average molecular weight is 375 g/mol. The van der Waals surface area contributed by atoms with E-state index in [4.69, 9.17) is 0 Å². The van der Waals surface area contributed by atoms with Gasteiger partial charge in [-0.3, -0.25) is 9.89 Å². The Morgan fingerprint density at radius 1 is 1.12 bits per heavy atom. The van der Waals surface area contributed by atoms with Crippen LogP contribution in [0.1, 0.15) is 53.0 Å². The summed E-state index contributed by atoms with van der Waals surface area (Å²) in [6, 6.07) is 8.80. The van der Waals surface area contributed by atoms with Crippen molar-refractivity contribution in [3.63, 3.8) is 0 Å². The van der Waals surface area contributed by atoms with Gasteiger partial charge in [0.15, 0.2) is 5.82 Å². The van der Waals surface area contributed by atoms with Gasteiger partial charge in [-0.15, -0.1) is 5.10 Å². The van der Waals surface area contributed by atoms with Gasteiger partial charge in [0.05, 0.1) is 5.75 Å². The molecule has 142 valence electrons. The zero-order chi connectivity index (χ0) is 19.1. The molecule has 1 N–H and O–H groups in total. The van der Waals surface area contributed by atoms with E-state index < -0.39 is 0 Å². The fourth-order valence-electron chi connectivity index (χ4n) is 2.86. The lowest BCUT2D eigenvalue weighted by atomic mass is 10.1. The Labute approximate surface area is 161 Å². The number of aromatic amines is 1. The van der Waals surface area contributed by atoms with Gasteiger partial charge >= 0.3 is 0 Å². The van der Waals surface area contributed by atoms with Gasteiger partial charge < -0.3 is 4.90 Å². The quantitative estimate of drug-likeness (QED) is 0.654. The number of benzene rings is 1. The summed E-state index contributed by atoms with van der Waals surface area (Å²) in [6.07, 6.45) is 2.93. The van der Waals surface area contributed by atoms with Gasteiger partial charge in [-0.25, -0.2) is 4.98 Å². The van der Waals surface area contributed by atoms with Crippen LogP contribution in [0.15, 0.2) is 29.4 Å². The van der Waals surface area contributed by atoms with Crippen LogP contribution in [-0.2, 0) is 11.2 Å². The molecule has 1 aromatic heterocycles. The second-order valence-corrected chi connectivity index (χ2v) is 7.56. The van der Waals surface area contributed by atoms with Gasteiger partial charge in [-0.05, 0) is 38.7 Å². The summed E-state index contributed by atoms with van der Waals surface area (Å²) in [7, 11) is 0. The van der Waals surface area contributed by atoms with Gasteiger partial charge in [0.1, 0.15) is 0 Å². The monoisotopic (exact) mass is 374 g/mol. The van der Waals surface area contributed by atoms with Crippen molar-refractivity contribution in [1.82, 2.24) is 20.1 Å². The summed E-state index contributed by atoms with van der Waals surface area (Å²) in [5.74, 6) is 1.25. The zero-order valence-electron chi connectivity index (χ0n) is 16.5. The molecular formula is C20H30N4OS. The average Bonchev–Trinajstić information content (AvgIpc) is 3.15. The molecular weight excluding hydrogens is 344 g/mol. The van der Waals surface area contributed by atoms with E-state index in [1.807, 2.05) is 17.0 Å². The third-order valence-electron chi connectivity index (χ3n) is 4.84. The molecule has 2 rings (SSSR count). The summed E-state index contributed by atoms with van der Waals surface area (Å²) in [4.78, 5) is 19.2. The number of aryl methyl sites for hydroxylation is 1. The Kier molecular flexibility index (Phi) is 7.69. The van der Waals surface area contributed by atoms with Gasteiger partial charge in [-0.1, -0.05) is 56.8 Å². The van der Waals surface area contributed by atoms with Gasteiger partial charge in [-0.2, -0.15) is 0 Å². The number of thioether (sulfide) groups is 1. The first-order valence-corrected chi connectivity index (χ1v) is 10.4. The minimum atomic E-state index is 0.150. The number of carbonyl (C=O) groups is 1. The van der Waals surface area contributed by atoms with Crippen molar-refractivity contribution in [3.05, 3.63) is 29.8 Å². The van der Waals surface area contributed by atoms with Crippen molar-refractivity contribution in [2.24, 2.45) is 0 Å². The molecule has 1 amide bonds. The van der Waals surface area contributed by atoms with Crippen LogP contribution in [0.4, 0.5) is 0 Å². The fraction of sp³-hybridized carbons (Fsp3) is 0.550. The number of hydrogen-bond donors (Lipinski definition) is 1. The highest BCUT2D eigenvalue weighted by molar-refractivity contribution is 7.99. The first-order chi connectivity index (χ1) is 12.5. The van der Waals surface area contributed by atoms with Crippen LogP contribution in [0.5, 0.6) is 0 Å². The van der Waals surface area contributed by atoms with Gasteiger partial charge in [0.25, 0.3) is 0 Å². The molecule has 0 saturated carbocycles. The molecule has 0 saturated heterocycles. The third kappa shape index (κ3) is 5.10. The highest BCUT2D eigenvalue weighted by Crippen LogP contribution is 2.21. The van der Waals surface area contributed by atoms with Gasteiger partial charge in [0, 0.05) is 17.6 Å². The summed E-state index contributed by atoms with van der Waals surface area (Å²) in [5.41, 5.74) is 2.30. The fourth-order valence-corrected chi connectivity index (χ4v) is 3.53. The van der Waals surface area contributed by atoms with Crippen LogP contribution < -0.4 is 0 Å². The SMILES string of the molecule is CCc1ccc(-c2nc(SCC(=O)N([C@H](C)CC)[C@@H](C)CC)n[nH]2)cc1. The number of nitrogens with zero attached hydrogens (tertiary/aromatic N) is 3. The van der Waals surface area contributed by atoms with Crippen LogP contribution in [0.2, 0.25) is 0 Å². The molecule has 0 fully saturated rings. The Morgan fingerprint density at radius 2 is 1.73 bits per heavy atom. The van der Waals surface area contributed by atoms with E-state index in [0.717, 1.165) is 30.7 Å². The van der Waals surface area contributed by atoms with E-state index in [1.54, 1.807) is 0 Å². The third-order valence-corrected chi connectivity index (χ3v) is 5.68. The summed E-state index contributed by atoms with van der Waals surface area (Å²) in [6.45, 7) is 10.6. The number of hydrogen-bond acceptors (Lipinski definition) is 4. The first-order valence-electron chi connectivity index (χ1n) is 9.45. The molecule has 6 heteroatoms. The van der Waals surface area contributed by atoms with Crippen LogP contribution in [0.25, 0.3) is 11.4 Å². The Hall–Kier alpha value is -1.82. The number of aromatic nitrogens is 3. The number of rotatable bonds is 9. The maximum absolute atomic E-state index is 12.7. The molecule has 0 spiro atoms. The van der Waals surface area contributed by atoms with E-state index in [0.29, 0.717) is 10.9 Å². The minimum Gasteiger partial charge on any atom is -0.337 e. The zero-order valence-corrected chi connectivity index (χ0v) is 17.3. The van der Waals surface area contributed by atoms with Crippen LogP contribution in [0, 0.1) is 0 Å². The maximum Gasteiger partial charge on any atom is 0.233 e. The Bertz CT molecular complexity index is 688. The molecule has 0 bridgehead atoms. The molecule has 0 aliphatic rings. The highest BCUT2D eigenvalue weighted by Gasteiger charge is 2.23.